The second-order valence-corrected chi connectivity index (χ2v) is 3.97. The van der Waals surface area contributed by atoms with Crippen LogP contribution in [0.25, 0.3) is 11.1 Å². The van der Waals surface area contributed by atoms with E-state index in [4.69, 9.17) is 4.42 Å². The van der Waals surface area contributed by atoms with E-state index in [0.717, 1.165) is 0 Å². The van der Waals surface area contributed by atoms with E-state index in [1.807, 2.05) is 0 Å². The summed E-state index contributed by atoms with van der Waals surface area (Å²) in [5.74, 6) is -0.530. The Morgan fingerprint density at radius 1 is 1.22 bits per heavy atom. The molecule has 92 valence electrons. The van der Waals surface area contributed by atoms with Crippen molar-refractivity contribution in [1.82, 2.24) is 0 Å². The summed E-state index contributed by atoms with van der Waals surface area (Å²) in [5, 5.41) is 10.1. The van der Waals surface area contributed by atoms with Gasteiger partial charge in [0.25, 0.3) is 0 Å². The molecule has 1 N–H and O–H groups in total. The molecule has 2 rings (SSSR count). The molecule has 0 saturated heterocycles. The monoisotopic (exact) mass is 244 g/mol. The zero-order chi connectivity index (χ0) is 13.3. The summed E-state index contributed by atoms with van der Waals surface area (Å²) in [6.45, 7) is 2.80. The Morgan fingerprint density at radius 3 is 2.39 bits per heavy atom. The van der Waals surface area contributed by atoms with Crippen LogP contribution in [0.4, 0.5) is 0 Å². The van der Waals surface area contributed by atoms with Gasteiger partial charge >= 0.3 is 5.63 Å². The molecule has 0 radical (unpaired) electrons. The van der Waals surface area contributed by atoms with Crippen LogP contribution in [0.1, 0.15) is 23.0 Å². The Hall–Kier alpha value is -2.36. The van der Waals surface area contributed by atoms with Gasteiger partial charge in [0.05, 0.1) is 5.56 Å². The van der Waals surface area contributed by atoms with Gasteiger partial charge < -0.3 is 9.52 Å². The molecule has 18 heavy (non-hydrogen) atoms. The highest BCUT2D eigenvalue weighted by Gasteiger charge is 2.20. The van der Waals surface area contributed by atoms with E-state index < -0.39 is 5.63 Å². The number of aromatic hydroxyl groups is 1. The number of benzene rings is 1. The molecule has 0 aliphatic carbocycles. The van der Waals surface area contributed by atoms with Crippen molar-refractivity contribution in [3.63, 3.8) is 0 Å². The Morgan fingerprint density at radius 2 is 1.83 bits per heavy atom. The number of carbonyl (C=O) groups excluding carboxylic acids is 1. The van der Waals surface area contributed by atoms with Gasteiger partial charge in [-0.1, -0.05) is 30.3 Å². The lowest BCUT2D eigenvalue weighted by molar-refractivity contribution is 0.101. The van der Waals surface area contributed by atoms with Crippen molar-refractivity contribution in [3.05, 3.63) is 52.1 Å². The molecule has 0 spiro atoms. The van der Waals surface area contributed by atoms with Crippen LogP contribution in [0, 0.1) is 6.92 Å². The highest BCUT2D eigenvalue weighted by atomic mass is 16.4. The summed E-state index contributed by atoms with van der Waals surface area (Å²) < 4.78 is 5.00. The molecule has 4 nitrogen and oxygen atoms in total. The SMILES string of the molecule is CC(=O)c1c(C)oc(=O)c(-c2ccccc2)c1O. The first-order valence-electron chi connectivity index (χ1n) is 5.45. The van der Waals surface area contributed by atoms with Crippen molar-refractivity contribution < 1.29 is 14.3 Å². The zero-order valence-corrected chi connectivity index (χ0v) is 10.1. The Balaban J connectivity index is 2.81. The summed E-state index contributed by atoms with van der Waals surface area (Å²) in [4.78, 5) is 23.3. The third kappa shape index (κ3) is 1.93. The van der Waals surface area contributed by atoms with E-state index in [1.165, 1.54) is 13.8 Å². The number of hydrogen-bond donors (Lipinski definition) is 1. The minimum absolute atomic E-state index is 0.0198. The maximum atomic E-state index is 11.8. The van der Waals surface area contributed by atoms with Crippen molar-refractivity contribution in [2.45, 2.75) is 13.8 Å². The van der Waals surface area contributed by atoms with E-state index in [2.05, 4.69) is 0 Å². The topological polar surface area (TPSA) is 67.5 Å². The van der Waals surface area contributed by atoms with E-state index in [1.54, 1.807) is 30.3 Å². The molecule has 0 unspecified atom stereocenters. The van der Waals surface area contributed by atoms with Crippen LogP contribution in [0.2, 0.25) is 0 Å². The van der Waals surface area contributed by atoms with Crippen LogP contribution >= 0.6 is 0 Å². The highest BCUT2D eigenvalue weighted by molar-refractivity contribution is 5.99. The van der Waals surface area contributed by atoms with Crippen LogP contribution in [0.3, 0.4) is 0 Å². The molecule has 0 saturated carbocycles. The minimum Gasteiger partial charge on any atom is -0.506 e. The van der Waals surface area contributed by atoms with E-state index in [0.29, 0.717) is 5.56 Å². The van der Waals surface area contributed by atoms with Gasteiger partial charge in [-0.2, -0.15) is 0 Å². The predicted octanol–water partition coefficient (Wildman–Crippen LogP) is 2.52. The predicted molar refractivity (Wildman–Crippen MR) is 66.8 cm³/mol. The van der Waals surface area contributed by atoms with Gasteiger partial charge in [0, 0.05) is 0 Å². The largest absolute Gasteiger partial charge is 0.506 e. The zero-order valence-electron chi connectivity index (χ0n) is 10.1. The number of hydrogen-bond acceptors (Lipinski definition) is 4. The Labute approximate surface area is 104 Å². The molecule has 0 aliphatic rings. The average molecular weight is 244 g/mol. The molecule has 0 atom stereocenters. The number of rotatable bonds is 2. The smallest absolute Gasteiger partial charge is 0.347 e. The van der Waals surface area contributed by atoms with Crippen molar-refractivity contribution in [2.24, 2.45) is 0 Å². The maximum Gasteiger partial charge on any atom is 0.347 e. The molecule has 0 aliphatic heterocycles. The Kier molecular flexibility index (Phi) is 3.02. The summed E-state index contributed by atoms with van der Waals surface area (Å²) >= 11 is 0. The average Bonchev–Trinajstić information content (AvgIpc) is 2.28. The molecule has 2 aromatic rings. The van der Waals surface area contributed by atoms with Gasteiger partial charge in [-0.3, -0.25) is 4.79 Å². The molecule has 1 aromatic heterocycles. The second kappa shape index (κ2) is 4.49. The van der Waals surface area contributed by atoms with E-state index in [-0.39, 0.29) is 28.4 Å². The fraction of sp³-hybridized carbons (Fsp3) is 0.143. The lowest BCUT2D eigenvalue weighted by atomic mass is 10.0. The summed E-state index contributed by atoms with van der Waals surface area (Å²) in [6.07, 6.45) is 0. The molecule has 0 bridgehead atoms. The normalized spacial score (nSPS) is 10.3. The summed E-state index contributed by atoms with van der Waals surface area (Å²) in [6, 6.07) is 8.61. The molecule has 4 heteroatoms. The number of carbonyl (C=O) groups is 1. The second-order valence-electron chi connectivity index (χ2n) is 3.97. The minimum atomic E-state index is -0.652. The molecule has 1 aromatic carbocycles. The van der Waals surface area contributed by atoms with Crippen molar-refractivity contribution >= 4 is 5.78 Å². The first kappa shape index (κ1) is 12.1. The van der Waals surface area contributed by atoms with Crippen molar-refractivity contribution in [2.75, 3.05) is 0 Å². The van der Waals surface area contributed by atoms with Gasteiger partial charge in [-0.15, -0.1) is 0 Å². The van der Waals surface area contributed by atoms with Gasteiger partial charge in [0.1, 0.15) is 17.1 Å². The number of ketones is 1. The van der Waals surface area contributed by atoms with Crippen LogP contribution in [0.5, 0.6) is 5.75 Å². The molecular weight excluding hydrogens is 232 g/mol. The van der Waals surface area contributed by atoms with Crippen molar-refractivity contribution in [3.8, 4) is 16.9 Å². The highest BCUT2D eigenvalue weighted by Crippen LogP contribution is 2.31. The fourth-order valence-corrected chi connectivity index (χ4v) is 1.90. The molecule has 0 amide bonds. The van der Waals surface area contributed by atoms with Crippen LogP contribution in [-0.4, -0.2) is 10.9 Å². The van der Waals surface area contributed by atoms with Crippen LogP contribution < -0.4 is 5.63 Å². The Bertz CT molecular complexity index is 653. The third-order valence-electron chi connectivity index (χ3n) is 2.69. The van der Waals surface area contributed by atoms with E-state index >= 15 is 0 Å². The molecular formula is C14H12O4. The lowest BCUT2D eigenvalue weighted by Gasteiger charge is -2.08. The standard InChI is InChI=1S/C14H12O4/c1-8(15)11-9(2)18-14(17)12(13(11)16)10-6-4-3-5-7-10/h3-7,16H,1-2H3. The van der Waals surface area contributed by atoms with Gasteiger partial charge in [-0.25, -0.2) is 4.79 Å². The third-order valence-corrected chi connectivity index (χ3v) is 2.69. The summed E-state index contributed by atoms with van der Waals surface area (Å²) in [7, 11) is 0. The number of Topliss-reactive ketones (excluding diaryl/α,β-unsaturated/α-hetero) is 1. The van der Waals surface area contributed by atoms with Crippen LogP contribution in [0.15, 0.2) is 39.5 Å². The first-order chi connectivity index (χ1) is 8.52. The van der Waals surface area contributed by atoms with Gasteiger partial charge in [0.2, 0.25) is 0 Å². The quantitative estimate of drug-likeness (QED) is 0.824. The van der Waals surface area contributed by atoms with Gasteiger partial charge in [0.15, 0.2) is 5.78 Å². The van der Waals surface area contributed by atoms with E-state index in [9.17, 15) is 14.7 Å². The molecule has 0 fully saturated rings. The fourth-order valence-electron chi connectivity index (χ4n) is 1.90. The first-order valence-corrected chi connectivity index (χ1v) is 5.45. The lowest BCUT2D eigenvalue weighted by Crippen LogP contribution is -2.09. The van der Waals surface area contributed by atoms with Crippen molar-refractivity contribution in [1.29, 1.82) is 0 Å². The van der Waals surface area contributed by atoms with Crippen LogP contribution in [-0.2, 0) is 0 Å². The number of aryl methyl sites for hydroxylation is 1. The molecule has 1 heterocycles. The maximum absolute atomic E-state index is 11.8. The van der Waals surface area contributed by atoms with Gasteiger partial charge in [-0.05, 0) is 19.4 Å². The summed E-state index contributed by atoms with van der Waals surface area (Å²) in [5.41, 5.74) is -0.0627.